The number of H-pyrrole nitrogens is 1. The van der Waals surface area contributed by atoms with Crippen LogP contribution in [0.3, 0.4) is 0 Å². The molecule has 1 saturated heterocycles. The van der Waals surface area contributed by atoms with E-state index in [1.165, 1.54) is 45.2 Å². The number of likely N-dealkylation sites (tertiary alicyclic amines) is 1. The number of nitrogens with zero attached hydrogens (tertiary/aromatic N) is 2. The van der Waals surface area contributed by atoms with E-state index in [-0.39, 0.29) is 5.56 Å². The van der Waals surface area contributed by atoms with Crippen LogP contribution in [0.4, 0.5) is 5.95 Å². The molecule has 1 aromatic rings. The summed E-state index contributed by atoms with van der Waals surface area (Å²) in [6.07, 6.45) is 13.4. The lowest BCUT2D eigenvalue weighted by Gasteiger charge is -2.39. The molecule has 0 radical (unpaired) electrons. The highest BCUT2D eigenvalue weighted by Crippen LogP contribution is 2.26. The Kier molecular flexibility index (Phi) is 4.88. The number of fused-ring (bicyclic) bond motifs is 1. The summed E-state index contributed by atoms with van der Waals surface area (Å²) in [6.45, 7) is 2.36. The molecule has 2 N–H and O–H groups in total. The Labute approximate surface area is 144 Å². The van der Waals surface area contributed by atoms with Crippen molar-refractivity contribution in [1.29, 1.82) is 0 Å². The highest BCUT2D eigenvalue weighted by molar-refractivity contribution is 5.32. The Morgan fingerprint density at radius 1 is 0.958 bits per heavy atom. The molecule has 0 bridgehead atoms. The molecule has 4 rings (SSSR count). The van der Waals surface area contributed by atoms with E-state index in [0.717, 1.165) is 55.8 Å². The van der Waals surface area contributed by atoms with E-state index in [4.69, 9.17) is 4.98 Å². The van der Waals surface area contributed by atoms with Gasteiger partial charge in [0.1, 0.15) is 0 Å². The quantitative estimate of drug-likeness (QED) is 0.895. The molecular formula is C19H30N4O. The van der Waals surface area contributed by atoms with Gasteiger partial charge in [0.05, 0.1) is 5.69 Å². The minimum Gasteiger partial charge on any atom is -0.353 e. The number of aromatic amines is 1. The van der Waals surface area contributed by atoms with E-state index >= 15 is 0 Å². The molecule has 0 unspecified atom stereocenters. The third-order valence-corrected chi connectivity index (χ3v) is 6.15. The molecule has 0 atom stereocenters. The first kappa shape index (κ1) is 16.1. The summed E-state index contributed by atoms with van der Waals surface area (Å²) >= 11 is 0. The zero-order chi connectivity index (χ0) is 16.4. The number of piperidine rings is 1. The van der Waals surface area contributed by atoms with Crippen molar-refractivity contribution in [2.45, 2.75) is 82.7 Å². The Hall–Kier alpha value is -1.36. The molecule has 0 aromatic carbocycles. The minimum atomic E-state index is 0.0711. The molecule has 24 heavy (non-hydrogen) atoms. The van der Waals surface area contributed by atoms with Crippen molar-refractivity contribution in [3.63, 3.8) is 0 Å². The number of hydrogen-bond donors (Lipinski definition) is 2. The number of aromatic nitrogens is 2. The number of nitrogens with one attached hydrogen (secondary N) is 2. The predicted octanol–water partition coefficient (Wildman–Crippen LogP) is 2.86. The summed E-state index contributed by atoms with van der Waals surface area (Å²) in [5.41, 5.74) is 2.01. The number of hydrogen-bond acceptors (Lipinski definition) is 4. The van der Waals surface area contributed by atoms with Crippen molar-refractivity contribution in [2.24, 2.45) is 0 Å². The fourth-order valence-corrected chi connectivity index (χ4v) is 4.72. The number of anilines is 1. The highest BCUT2D eigenvalue weighted by atomic mass is 16.1. The van der Waals surface area contributed by atoms with Gasteiger partial charge < -0.3 is 10.2 Å². The van der Waals surface area contributed by atoms with Crippen molar-refractivity contribution in [2.75, 3.05) is 18.4 Å². The molecule has 2 heterocycles. The number of aryl methyl sites for hydroxylation is 1. The van der Waals surface area contributed by atoms with Crippen LogP contribution in [0.25, 0.3) is 0 Å². The number of rotatable bonds is 3. The maximum absolute atomic E-state index is 12.2. The molecule has 2 fully saturated rings. The Balaban J connectivity index is 1.35. The van der Waals surface area contributed by atoms with Gasteiger partial charge in [0, 0.05) is 30.7 Å². The average Bonchev–Trinajstić information content (AvgIpc) is 2.63. The standard InChI is InChI=1S/C19H30N4O/c24-18-16-8-4-5-9-17(16)21-19(22-18)20-14-10-12-23(13-11-14)15-6-2-1-3-7-15/h14-15H,1-13H2,(H2,20,21,22,24). The fourth-order valence-electron chi connectivity index (χ4n) is 4.72. The molecule has 1 saturated carbocycles. The van der Waals surface area contributed by atoms with Crippen LogP contribution >= 0.6 is 0 Å². The van der Waals surface area contributed by atoms with Crippen LogP contribution in [0.5, 0.6) is 0 Å². The second-order valence-electron chi connectivity index (χ2n) is 7.79. The van der Waals surface area contributed by atoms with Gasteiger partial charge in [-0.2, -0.15) is 0 Å². The van der Waals surface area contributed by atoms with Crippen LogP contribution < -0.4 is 10.9 Å². The minimum absolute atomic E-state index is 0.0711. The molecule has 0 spiro atoms. The van der Waals surface area contributed by atoms with Gasteiger partial charge in [0.15, 0.2) is 0 Å². The molecule has 5 nitrogen and oxygen atoms in total. The second-order valence-corrected chi connectivity index (χ2v) is 7.79. The van der Waals surface area contributed by atoms with Crippen LogP contribution in [0.15, 0.2) is 4.79 Å². The summed E-state index contributed by atoms with van der Waals surface area (Å²) in [5, 5.41) is 3.50. The van der Waals surface area contributed by atoms with Crippen LogP contribution in [0, 0.1) is 0 Å². The van der Waals surface area contributed by atoms with Crippen molar-refractivity contribution >= 4 is 5.95 Å². The van der Waals surface area contributed by atoms with Crippen LogP contribution in [0.1, 0.15) is 69.0 Å². The molecule has 0 amide bonds. The first-order valence-corrected chi connectivity index (χ1v) is 9.92. The van der Waals surface area contributed by atoms with Gasteiger partial charge in [-0.3, -0.25) is 9.78 Å². The summed E-state index contributed by atoms with van der Waals surface area (Å²) < 4.78 is 0. The van der Waals surface area contributed by atoms with E-state index in [1.807, 2.05) is 0 Å². The smallest absolute Gasteiger partial charge is 0.255 e. The van der Waals surface area contributed by atoms with Crippen LogP contribution in [0.2, 0.25) is 0 Å². The molecule has 5 heteroatoms. The van der Waals surface area contributed by atoms with E-state index in [0.29, 0.717) is 12.0 Å². The van der Waals surface area contributed by atoms with Gasteiger partial charge in [-0.15, -0.1) is 0 Å². The summed E-state index contributed by atoms with van der Waals surface area (Å²) in [4.78, 5) is 22.6. The fraction of sp³-hybridized carbons (Fsp3) is 0.789. The first-order valence-electron chi connectivity index (χ1n) is 9.92. The third kappa shape index (κ3) is 3.51. The topological polar surface area (TPSA) is 61.0 Å². The van der Waals surface area contributed by atoms with Crippen molar-refractivity contribution in [1.82, 2.24) is 14.9 Å². The second kappa shape index (κ2) is 7.26. The maximum Gasteiger partial charge on any atom is 0.255 e. The average molecular weight is 330 g/mol. The zero-order valence-corrected chi connectivity index (χ0v) is 14.6. The predicted molar refractivity (Wildman–Crippen MR) is 96.6 cm³/mol. The molecule has 132 valence electrons. The molecule has 1 aliphatic heterocycles. The van der Waals surface area contributed by atoms with Crippen LogP contribution in [-0.2, 0) is 12.8 Å². The lowest BCUT2D eigenvalue weighted by molar-refractivity contribution is 0.126. The third-order valence-electron chi connectivity index (χ3n) is 6.15. The van der Waals surface area contributed by atoms with Gasteiger partial charge in [-0.1, -0.05) is 19.3 Å². The highest BCUT2D eigenvalue weighted by Gasteiger charge is 2.26. The lowest BCUT2D eigenvalue weighted by Crippen LogP contribution is -2.45. The van der Waals surface area contributed by atoms with Crippen LogP contribution in [-0.4, -0.2) is 40.0 Å². The van der Waals surface area contributed by atoms with E-state index < -0.39 is 0 Å². The van der Waals surface area contributed by atoms with Gasteiger partial charge in [-0.05, 0) is 51.4 Å². The maximum atomic E-state index is 12.2. The van der Waals surface area contributed by atoms with Gasteiger partial charge >= 0.3 is 0 Å². The zero-order valence-electron chi connectivity index (χ0n) is 14.6. The molecule has 1 aromatic heterocycles. The first-order chi connectivity index (χ1) is 11.8. The molecular weight excluding hydrogens is 300 g/mol. The van der Waals surface area contributed by atoms with Gasteiger partial charge in [0.2, 0.25) is 5.95 Å². The largest absolute Gasteiger partial charge is 0.353 e. The molecule has 2 aliphatic carbocycles. The summed E-state index contributed by atoms with van der Waals surface area (Å²) in [7, 11) is 0. The monoisotopic (exact) mass is 330 g/mol. The van der Waals surface area contributed by atoms with E-state index in [9.17, 15) is 4.79 Å². The Bertz CT molecular complexity index is 612. The normalized spacial score (nSPS) is 23.8. The van der Waals surface area contributed by atoms with E-state index in [1.54, 1.807) is 0 Å². The van der Waals surface area contributed by atoms with Gasteiger partial charge in [-0.25, -0.2) is 4.98 Å². The Morgan fingerprint density at radius 2 is 1.71 bits per heavy atom. The Morgan fingerprint density at radius 3 is 2.50 bits per heavy atom. The van der Waals surface area contributed by atoms with E-state index in [2.05, 4.69) is 15.2 Å². The lowest BCUT2D eigenvalue weighted by atomic mass is 9.92. The SMILES string of the molecule is O=c1[nH]c(NC2CCN(C3CCCCC3)CC2)nc2c1CCCC2. The van der Waals surface area contributed by atoms with Gasteiger partial charge in [0.25, 0.3) is 5.56 Å². The molecule has 3 aliphatic rings. The van der Waals surface area contributed by atoms with Crippen molar-refractivity contribution < 1.29 is 0 Å². The van der Waals surface area contributed by atoms with Crippen molar-refractivity contribution in [3.8, 4) is 0 Å². The summed E-state index contributed by atoms with van der Waals surface area (Å²) in [6, 6.07) is 1.26. The van der Waals surface area contributed by atoms with Crippen molar-refractivity contribution in [3.05, 3.63) is 21.6 Å². The summed E-state index contributed by atoms with van der Waals surface area (Å²) in [5.74, 6) is 0.691.